The highest BCUT2D eigenvalue weighted by atomic mass is 15.3. The Morgan fingerprint density at radius 1 is 1.00 bits per heavy atom. The minimum Gasteiger partial charge on any atom is -0.331 e. The van der Waals surface area contributed by atoms with E-state index in [4.69, 9.17) is 0 Å². The zero-order valence-corrected chi connectivity index (χ0v) is 11.8. The molecule has 0 heterocycles. The lowest BCUT2D eigenvalue weighted by molar-refractivity contribution is -0.868. The van der Waals surface area contributed by atoms with Crippen LogP contribution in [0.5, 0.6) is 0 Å². The van der Waals surface area contributed by atoms with E-state index in [0.29, 0.717) is 5.92 Å². The minimum atomic E-state index is 0.709. The summed E-state index contributed by atoms with van der Waals surface area (Å²) in [7, 11) is 6.54. The first-order valence-electron chi connectivity index (χ1n) is 6.26. The normalized spacial score (nSPS) is 12.6. The van der Waals surface area contributed by atoms with Crippen molar-refractivity contribution in [2.45, 2.75) is 33.1 Å². The van der Waals surface area contributed by atoms with Crippen LogP contribution in [0.2, 0.25) is 0 Å². The van der Waals surface area contributed by atoms with Gasteiger partial charge in [0, 0.05) is 0 Å². The van der Waals surface area contributed by atoms with E-state index in [1.165, 1.54) is 18.5 Å². The molecule has 92 valence electrons. The van der Waals surface area contributed by atoms with Crippen molar-refractivity contribution >= 4 is 0 Å². The highest BCUT2D eigenvalue weighted by molar-refractivity contribution is 5.18. The van der Waals surface area contributed by atoms with E-state index in [0.717, 1.165) is 4.48 Å². The number of rotatable bonds is 3. The highest BCUT2D eigenvalue weighted by Crippen LogP contribution is 2.16. The third-order valence-electron chi connectivity index (χ3n) is 2.93. The van der Waals surface area contributed by atoms with Gasteiger partial charge in [-0.2, -0.15) is 0 Å². The molecule has 0 N–H and O–H groups in total. The molecule has 0 amide bonds. The van der Waals surface area contributed by atoms with Crippen LogP contribution in [0.15, 0.2) is 30.3 Å². The van der Waals surface area contributed by atoms with Crippen molar-refractivity contribution < 1.29 is 4.48 Å². The molecule has 1 heteroatoms. The molecule has 1 nitrogen and oxygen atoms in total. The van der Waals surface area contributed by atoms with E-state index in [9.17, 15) is 0 Å². The highest BCUT2D eigenvalue weighted by Gasteiger charge is 1.99. The van der Waals surface area contributed by atoms with Crippen LogP contribution in [0.3, 0.4) is 0 Å². The molecule has 1 aromatic carbocycles. The zero-order valence-electron chi connectivity index (χ0n) is 11.8. The van der Waals surface area contributed by atoms with Crippen molar-refractivity contribution in [3.8, 4) is 0 Å². The summed E-state index contributed by atoms with van der Waals surface area (Å²) in [5.41, 5.74) is 1.45. The summed E-state index contributed by atoms with van der Waals surface area (Å²) < 4.78 is 1.07. The van der Waals surface area contributed by atoms with E-state index >= 15 is 0 Å². The third kappa shape index (κ3) is 7.47. The SMILES string of the molecule is CCC(C)c1ccccc1.CC[N+](C)(C)C. The van der Waals surface area contributed by atoms with Gasteiger partial charge in [0.15, 0.2) is 0 Å². The number of nitrogens with zero attached hydrogens (tertiary/aromatic N) is 1. The smallest absolute Gasteiger partial charge is 0.0751 e. The van der Waals surface area contributed by atoms with Gasteiger partial charge in [0.25, 0.3) is 0 Å². The first-order chi connectivity index (χ1) is 7.40. The monoisotopic (exact) mass is 222 g/mol. The van der Waals surface area contributed by atoms with Gasteiger partial charge in [-0.25, -0.2) is 0 Å². The molecule has 1 unspecified atom stereocenters. The van der Waals surface area contributed by atoms with Crippen molar-refractivity contribution in [1.82, 2.24) is 0 Å². The maximum Gasteiger partial charge on any atom is 0.0751 e. The van der Waals surface area contributed by atoms with E-state index in [2.05, 4.69) is 72.2 Å². The van der Waals surface area contributed by atoms with Gasteiger partial charge in [-0.3, -0.25) is 0 Å². The van der Waals surface area contributed by atoms with Crippen molar-refractivity contribution in [2.24, 2.45) is 0 Å². The lowest BCUT2D eigenvalue weighted by Gasteiger charge is -2.20. The lowest BCUT2D eigenvalue weighted by atomic mass is 9.99. The molecule has 16 heavy (non-hydrogen) atoms. The fourth-order valence-electron chi connectivity index (χ4n) is 1.02. The van der Waals surface area contributed by atoms with Crippen molar-refractivity contribution in [2.75, 3.05) is 27.7 Å². The van der Waals surface area contributed by atoms with Gasteiger partial charge in [-0.15, -0.1) is 0 Å². The summed E-state index contributed by atoms with van der Waals surface area (Å²) in [6, 6.07) is 10.6. The zero-order chi connectivity index (χ0) is 12.6. The second-order valence-corrected chi connectivity index (χ2v) is 5.33. The van der Waals surface area contributed by atoms with E-state index < -0.39 is 0 Å². The molecule has 1 rings (SSSR count). The summed E-state index contributed by atoms with van der Waals surface area (Å²) in [5, 5.41) is 0. The second kappa shape index (κ2) is 7.45. The van der Waals surface area contributed by atoms with Gasteiger partial charge in [0.05, 0.1) is 27.7 Å². The standard InChI is InChI=1S/C10H14.C5H14N/c1-3-9(2)10-7-5-4-6-8-10;1-5-6(2,3)4/h4-9H,3H2,1-2H3;5H2,1-4H3/q;+1. The van der Waals surface area contributed by atoms with Gasteiger partial charge < -0.3 is 4.48 Å². The van der Waals surface area contributed by atoms with Gasteiger partial charge in [-0.1, -0.05) is 44.2 Å². The summed E-state index contributed by atoms with van der Waals surface area (Å²) in [6.07, 6.45) is 1.23. The fraction of sp³-hybridized carbons (Fsp3) is 0.600. The molecular weight excluding hydrogens is 194 g/mol. The largest absolute Gasteiger partial charge is 0.331 e. The van der Waals surface area contributed by atoms with E-state index in [1.54, 1.807) is 0 Å². The molecule has 0 bridgehead atoms. The molecule has 1 atom stereocenters. The van der Waals surface area contributed by atoms with Gasteiger partial charge in [-0.05, 0) is 24.8 Å². The quantitative estimate of drug-likeness (QED) is 0.680. The van der Waals surface area contributed by atoms with Crippen LogP contribution in [0.4, 0.5) is 0 Å². The predicted molar refractivity (Wildman–Crippen MR) is 73.7 cm³/mol. The fourth-order valence-corrected chi connectivity index (χ4v) is 1.02. The molecule has 1 aromatic rings. The maximum absolute atomic E-state index is 2.26. The molecule has 0 fully saturated rings. The number of benzene rings is 1. The van der Waals surface area contributed by atoms with Crippen LogP contribution < -0.4 is 0 Å². The Hall–Kier alpha value is -0.820. The average Bonchev–Trinajstić information content (AvgIpc) is 2.29. The van der Waals surface area contributed by atoms with Crippen LogP contribution in [-0.2, 0) is 0 Å². The van der Waals surface area contributed by atoms with Gasteiger partial charge in [0.2, 0.25) is 0 Å². The van der Waals surface area contributed by atoms with Gasteiger partial charge >= 0.3 is 0 Å². The van der Waals surface area contributed by atoms with Crippen LogP contribution in [-0.4, -0.2) is 32.2 Å². The Kier molecular flexibility index (Phi) is 7.07. The Bertz CT molecular complexity index is 259. The van der Waals surface area contributed by atoms with Crippen molar-refractivity contribution in [3.05, 3.63) is 35.9 Å². The van der Waals surface area contributed by atoms with E-state index in [-0.39, 0.29) is 0 Å². The number of hydrogen-bond acceptors (Lipinski definition) is 0. The molecule has 0 spiro atoms. The Morgan fingerprint density at radius 2 is 1.44 bits per heavy atom. The molecule has 0 aliphatic carbocycles. The Labute approximate surface area is 102 Å². The van der Waals surface area contributed by atoms with Gasteiger partial charge in [0.1, 0.15) is 0 Å². The maximum atomic E-state index is 2.26. The van der Waals surface area contributed by atoms with Crippen LogP contribution in [0.25, 0.3) is 0 Å². The summed E-state index contributed by atoms with van der Waals surface area (Å²) in [5.74, 6) is 0.709. The third-order valence-corrected chi connectivity index (χ3v) is 2.93. The van der Waals surface area contributed by atoms with E-state index in [1.807, 2.05) is 0 Å². The molecule has 0 saturated carbocycles. The second-order valence-electron chi connectivity index (χ2n) is 5.33. The summed E-state index contributed by atoms with van der Waals surface area (Å²) >= 11 is 0. The first-order valence-corrected chi connectivity index (χ1v) is 6.26. The lowest BCUT2D eigenvalue weighted by Crippen LogP contribution is -2.33. The van der Waals surface area contributed by atoms with Crippen molar-refractivity contribution in [1.29, 1.82) is 0 Å². The van der Waals surface area contributed by atoms with Crippen LogP contribution >= 0.6 is 0 Å². The number of quaternary nitrogens is 1. The number of hydrogen-bond donors (Lipinski definition) is 0. The molecular formula is C15H28N+. The molecule has 0 aromatic heterocycles. The van der Waals surface area contributed by atoms with Crippen LogP contribution in [0, 0.1) is 0 Å². The molecule has 0 saturated heterocycles. The topological polar surface area (TPSA) is 0 Å². The van der Waals surface area contributed by atoms with Crippen LogP contribution in [0.1, 0.15) is 38.7 Å². The van der Waals surface area contributed by atoms with Crippen molar-refractivity contribution in [3.63, 3.8) is 0 Å². The Balaban J connectivity index is 0.000000325. The summed E-state index contributed by atoms with van der Waals surface area (Å²) in [6.45, 7) is 7.87. The molecule has 0 radical (unpaired) electrons. The minimum absolute atomic E-state index is 0.709. The molecule has 0 aliphatic rings. The first kappa shape index (κ1) is 15.2. The predicted octanol–water partition coefficient (Wildman–Crippen LogP) is 3.91. The summed E-state index contributed by atoms with van der Waals surface area (Å²) in [4.78, 5) is 0. The average molecular weight is 222 g/mol. The Morgan fingerprint density at radius 3 is 1.75 bits per heavy atom. The molecule has 0 aliphatic heterocycles.